The van der Waals surface area contributed by atoms with E-state index in [1.54, 1.807) is 11.8 Å². The Kier molecular flexibility index (Phi) is 5.12. The third-order valence-electron chi connectivity index (χ3n) is 6.78. The van der Waals surface area contributed by atoms with Crippen molar-refractivity contribution in [2.45, 2.75) is 42.1 Å². The number of benzene rings is 1. The summed E-state index contributed by atoms with van der Waals surface area (Å²) < 4.78 is 9.03. The Morgan fingerprint density at radius 2 is 1.97 bits per heavy atom. The third kappa shape index (κ3) is 3.49. The van der Waals surface area contributed by atoms with E-state index in [0.717, 1.165) is 69.3 Å². The van der Waals surface area contributed by atoms with Crippen LogP contribution in [0.15, 0.2) is 63.3 Å². The molecule has 2 saturated heterocycles. The molecular formula is C24H24BrN5OS. The van der Waals surface area contributed by atoms with Crippen molar-refractivity contribution in [3.8, 4) is 0 Å². The molecule has 0 aliphatic carbocycles. The summed E-state index contributed by atoms with van der Waals surface area (Å²) in [6.45, 7) is 5.11. The molecule has 0 amide bonds. The van der Waals surface area contributed by atoms with Crippen molar-refractivity contribution in [1.29, 1.82) is 0 Å². The molecule has 6 rings (SSSR count). The second-order valence-electron chi connectivity index (χ2n) is 8.90. The molecule has 0 unspecified atom stereocenters. The van der Waals surface area contributed by atoms with E-state index >= 15 is 0 Å². The summed E-state index contributed by atoms with van der Waals surface area (Å²) in [5.41, 5.74) is 2.27. The number of aromatic nitrogens is 4. The highest BCUT2D eigenvalue weighted by Crippen LogP contribution is 2.43. The van der Waals surface area contributed by atoms with E-state index < -0.39 is 0 Å². The van der Waals surface area contributed by atoms with Gasteiger partial charge in [0.05, 0.1) is 23.1 Å². The van der Waals surface area contributed by atoms with E-state index in [0.29, 0.717) is 11.5 Å². The summed E-state index contributed by atoms with van der Waals surface area (Å²) >= 11 is 5.30. The SMILES string of the molecule is C[C@H]1CC2(CCN(c3ncc(Sc4ccnc5c(Br)cccc45)c4nccn34)CC2)CO1. The molecule has 3 aromatic heterocycles. The number of piperidine rings is 1. The quantitative estimate of drug-likeness (QED) is 0.359. The Morgan fingerprint density at radius 1 is 1.09 bits per heavy atom. The number of fused-ring (bicyclic) bond motifs is 2. The molecule has 32 heavy (non-hydrogen) atoms. The van der Waals surface area contributed by atoms with Crippen LogP contribution in [-0.2, 0) is 4.74 Å². The van der Waals surface area contributed by atoms with E-state index in [-0.39, 0.29) is 0 Å². The van der Waals surface area contributed by atoms with Gasteiger partial charge in [-0.15, -0.1) is 0 Å². The Hall–Kier alpha value is -2.16. The molecule has 0 bridgehead atoms. The van der Waals surface area contributed by atoms with Crippen LogP contribution < -0.4 is 4.90 Å². The normalized spacial score (nSPS) is 20.6. The summed E-state index contributed by atoms with van der Waals surface area (Å²) in [7, 11) is 0. The lowest BCUT2D eigenvalue weighted by Crippen LogP contribution is -2.41. The number of nitrogens with zero attached hydrogens (tertiary/aromatic N) is 5. The van der Waals surface area contributed by atoms with Crippen molar-refractivity contribution in [2.75, 3.05) is 24.6 Å². The van der Waals surface area contributed by atoms with Gasteiger partial charge in [-0.05, 0) is 59.7 Å². The fraction of sp³-hybridized carbons (Fsp3) is 0.375. The average Bonchev–Trinajstić information content (AvgIpc) is 3.43. The first-order valence-corrected chi connectivity index (χ1v) is 12.6. The topological polar surface area (TPSA) is 55.6 Å². The number of ether oxygens (including phenoxy) is 1. The Labute approximate surface area is 199 Å². The third-order valence-corrected chi connectivity index (χ3v) is 8.50. The number of halogens is 1. The second kappa shape index (κ2) is 8.01. The highest BCUT2D eigenvalue weighted by Gasteiger charge is 2.41. The van der Waals surface area contributed by atoms with Gasteiger partial charge in [-0.3, -0.25) is 9.38 Å². The van der Waals surface area contributed by atoms with E-state index in [9.17, 15) is 0 Å². The molecule has 2 aliphatic heterocycles. The van der Waals surface area contributed by atoms with Gasteiger partial charge in [0.1, 0.15) is 0 Å². The number of imidazole rings is 1. The predicted molar refractivity (Wildman–Crippen MR) is 130 cm³/mol. The number of pyridine rings is 1. The average molecular weight is 510 g/mol. The van der Waals surface area contributed by atoms with Gasteiger partial charge in [0.2, 0.25) is 5.95 Å². The van der Waals surface area contributed by atoms with Crippen LogP contribution in [0.3, 0.4) is 0 Å². The highest BCUT2D eigenvalue weighted by molar-refractivity contribution is 9.10. The van der Waals surface area contributed by atoms with Gasteiger partial charge < -0.3 is 9.64 Å². The molecule has 5 heterocycles. The van der Waals surface area contributed by atoms with Crippen LogP contribution in [0.4, 0.5) is 5.95 Å². The minimum absolute atomic E-state index is 0.358. The zero-order valence-corrected chi connectivity index (χ0v) is 20.3. The lowest BCUT2D eigenvalue weighted by atomic mass is 9.77. The van der Waals surface area contributed by atoms with Gasteiger partial charge in [0.15, 0.2) is 5.65 Å². The predicted octanol–water partition coefficient (Wildman–Crippen LogP) is 5.59. The van der Waals surface area contributed by atoms with Gasteiger partial charge >= 0.3 is 0 Å². The first-order valence-electron chi connectivity index (χ1n) is 11.0. The lowest BCUT2D eigenvalue weighted by Gasteiger charge is -2.39. The van der Waals surface area contributed by atoms with Gasteiger partial charge in [-0.1, -0.05) is 23.9 Å². The maximum absolute atomic E-state index is 5.90. The minimum Gasteiger partial charge on any atom is -0.378 e. The Bertz CT molecular complexity index is 1300. The zero-order chi connectivity index (χ0) is 21.7. The standard InChI is InChI=1S/C24H24BrN5OS/c1-16-13-24(15-31-16)6-10-29(11-7-24)23-28-14-20(22-27-9-12-30(22)23)32-19-5-8-26-21-17(19)3-2-4-18(21)25/h2-5,8-9,12,14,16H,6-7,10-11,13,15H2,1H3/t16-/m0/s1. The summed E-state index contributed by atoms with van der Waals surface area (Å²) in [5.74, 6) is 0.978. The van der Waals surface area contributed by atoms with Crippen molar-refractivity contribution in [3.05, 3.63) is 53.5 Å². The molecule has 0 saturated carbocycles. The molecule has 2 aliphatic rings. The Balaban J connectivity index is 1.30. The van der Waals surface area contributed by atoms with Crippen LogP contribution in [0.2, 0.25) is 0 Å². The van der Waals surface area contributed by atoms with E-state index in [1.165, 1.54) is 6.42 Å². The number of anilines is 1. The smallest absolute Gasteiger partial charge is 0.211 e. The van der Waals surface area contributed by atoms with Crippen LogP contribution >= 0.6 is 27.7 Å². The van der Waals surface area contributed by atoms with Crippen LogP contribution in [0.1, 0.15) is 26.2 Å². The fourth-order valence-corrected chi connectivity index (χ4v) is 6.54. The number of hydrogen-bond acceptors (Lipinski definition) is 6. The van der Waals surface area contributed by atoms with E-state index in [2.05, 4.69) is 54.3 Å². The van der Waals surface area contributed by atoms with Crippen LogP contribution in [0.5, 0.6) is 0 Å². The lowest BCUT2D eigenvalue weighted by molar-refractivity contribution is 0.0975. The van der Waals surface area contributed by atoms with Crippen molar-refractivity contribution >= 4 is 50.2 Å². The Morgan fingerprint density at radius 3 is 2.78 bits per heavy atom. The molecule has 1 atom stereocenters. The van der Waals surface area contributed by atoms with Crippen molar-refractivity contribution in [1.82, 2.24) is 19.4 Å². The molecular weight excluding hydrogens is 486 g/mol. The highest BCUT2D eigenvalue weighted by atomic mass is 79.9. The van der Waals surface area contributed by atoms with E-state index in [1.807, 2.05) is 36.9 Å². The molecule has 2 fully saturated rings. The molecule has 164 valence electrons. The minimum atomic E-state index is 0.358. The van der Waals surface area contributed by atoms with Crippen molar-refractivity contribution in [2.24, 2.45) is 5.41 Å². The van der Waals surface area contributed by atoms with Gasteiger partial charge in [-0.25, -0.2) is 9.97 Å². The zero-order valence-electron chi connectivity index (χ0n) is 17.9. The molecule has 0 radical (unpaired) electrons. The summed E-state index contributed by atoms with van der Waals surface area (Å²) in [6, 6.07) is 8.23. The molecule has 6 nitrogen and oxygen atoms in total. The second-order valence-corrected chi connectivity index (χ2v) is 10.8. The monoisotopic (exact) mass is 509 g/mol. The fourth-order valence-electron chi connectivity index (χ4n) is 5.09. The van der Waals surface area contributed by atoms with Crippen molar-refractivity contribution < 1.29 is 4.74 Å². The van der Waals surface area contributed by atoms with Gasteiger partial charge in [0, 0.05) is 52.6 Å². The van der Waals surface area contributed by atoms with Gasteiger partial charge in [0.25, 0.3) is 0 Å². The van der Waals surface area contributed by atoms with Gasteiger partial charge in [-0.2, -0.15) is 0 Å². The van der Waals surface area contributed by atoms with Crippen LogP contribution in [0, 0.1) is 5.41 Å². The molecule has 1 aromatic carbocycles. The van der Waals surface area contributed by atoms with Crippen LogP contribution in [-0.4, -0.2) is 45.2 Å². The molecule has 4 aromatic rings. The first-order chi connectivity index (χ1) is 15.6. The molecule has 8 heteroatoms. The molecule has 0 N–H and O–H groups in total. The van der Waals surface area contributed by atoms with Crippen molar-refractivity contribution in [3.63, 3.8) is 0 Å². The van der Waals surface area contributed by atoms with E-state index in [4.69, 9.17) is 9.72 Å². The summed E-state index contributed by atoms with van der Waals surface area (Å²) in [4.78, 5) is 18.7. The van der Waals surface area contributed by atoms with Crippen LogP contribution in [0.25, 0.3) is 16.6 Å². The maximum Gasteiger partial charge on any atom is 0.211 e. The number of para-hydroxylation sites is 1. The summed E-state index contributed by atoms with van der Waals surface area (Å²) in [5, 5.41) is 1.12. The first kappa shape index (κ1) is 20.4. The number of rotatable bonds is 3. The largest absolute Gasteiger partial charge is 0.378 e. The summed E-state index contributed by atoms with van der Waals surface area (Å²) in [6.07, 6.45) is 11.6. The molecule has 1 spiro atoms. The number of hydrogen-bond donors (Lipinski definition) is 0. The maximum atomic E-state index is 5.90.